The summed E-state index contributed by atoms with van der Waals surface area (Å²) in [5.41, 5.74) is 0. The quantitative estimate of drug-likeness (QED) is 0.869. The molecule has 5 nitrogen and oxygen atoms in total. The zero-order valence-electron chi connectivity index (χ0n) is 10.00. The molecule has 1 heterocycles. The predicted molar refractivity (Wildman–Crippen MR) is 68.5 cm³/mol. The number of sulfonamides is 1. The fraction of sp³-hybridized carbons (Fsp3) is 0.545. The number of hydrogen-bond acceptors (Lipinski definition) is 4. The van der Waals surface area contributed by atoms with Crippen LogP contribution >= 0.6 is 11.3 Å². The Labute approximate surface area is 110 Å². The van der Waals surface area contributed by atoms with Crippen molar-refractivity contribution in [2.75, 3.05) is 6.54 Å². The molecule has 0 aromatic carbocycles. The van der Waals surface area contributed by atoms with Crippen molar-refractivity contribution < 1.29 is 18.3 Å². The first-order chi connectivity index (χ1) is 8.46. The number of carboxylic acids is 1. The minimum absolute atomic E-state index is 0.0563. The number of aromatic carboxylic acids is 1. The third kappa shape index (κ3) is 2.57. The van der Waals surface area contributed by atoms with E-state index in [2.05, 4.69) is 0 Å². The molecule has 0 spiro atoms. The van der Waals surface area contributed by atoms with E-state index >= 15 is 0 Å². The lowest BCUT2D eigenvalue weighted by molar-refractivity contribution is 0.0702. The number of nitrogens with zero attached hydrogens (tertiary/aromatic N) is 1. The van der Waals surface area contributed by atoms with Crippen molar-refractivity contribution in [3.63, 3.8) is 0 Å². The van der Waals surface area contributed by atoms with Crippen LogP contribution < -0.4 is 0 Å². The number of rotatable bonds is 6. The fourth-order valence-corrected chi connectivity index (χ4v) is 4.82. The van der Waals surface area contributed by atoms with E-state index in [0.29, 0.717) is 6.54 Å². The highest BCUT2D eigenvalue weighted by atomic mass is 32.2. The van der Waals surface area contributed by atoms with Crippen LogP contribution in [0.3, 0.4) is 0 Å². The summed E-state index contributed by atoms with van der Waals surface area (Å²) in [7, 11) is -3.52. The van der Waals surface area contributed by atoms with Crippen molar-refractivity contribution in [3.8, 4) is 0 Å². The van der Waals surface area contributed by atoms with Crippen molar-refractivity contribution >= 4 is 27.3 Å². The van der Waals surface area contributed by atoms with Gasteiger partial charge in [-0.15, -0.1) is 11.3 Å². The molecule has 0 amide bonds. The molecule has 0 unspecified atom stereocenters. The SMILES string of the molecule is CCCN(C1CC1)S(=O)(=O)c1ccc(C(=O)O)s1. The topological polar surface area (TPSA) is 74.7 Å². The van der Waals surface area contributed by atoms with Crippen molar-refractivity contribution in [1.82, 2.24) is 4.31 Å². The largest absolute Gasteiger partial charge is 0.477 e. The summed E-state index contributed by atoms with van der Waals surface area (Å²) in [4.78, 5) is 10.8. The minimum Gasteiger partial charge on any atom is -0.477 e. The monoisotopic (exact) mass is 289 g/mol. The molecule has 0 bridgehead atoms. The zero-order chi connectivity index (χ0) is 13.3. The lowest BCUT2D eigenvalue weighted by atomic mass is 10.5. The molecule has 1 aromatic heterocycles. The van der Waals surface area contributed by atoms with Crippen LogP contribution in [0.1, 0.15) is 35.9 Å². The number of thiophene rings is 1. The van der Waals surface area contributed by atoms with Crippen LogP contribution in [0.15, 0.2) is 16.3 Å². The Balaban J connectivity index is 2.30. The normalized spacial score (nSPS) is 16.1. The summed E-state index contributed by atoms with van der Waals surface area (Å²) in [5, 5.41) is 8.83. The first-order valence-electron chi connectivity index (χ1n) is 5.81. The van der Waals surface area contributed by atoms with E-state index in [0.717, 1.165) is 30.6 Å². The van der Waals surface area contributed by atoms with Crippen molar-refractivity contribution in [3.05, 3.63) is 17.0 Å². The second-order valence-corrected chi connectivity index (χ2v) is 7.47. The molecule has 7 heteroatoms. The molecule has 1 aliphatic carbocycles. The van der Waals surface area contributed by atoms with Gasteiger partial charge in [0, 0.05) is 12.6 Å². The van der Waals surface area contributed by atoms with Crippen molar-refractivity contribution in [2.24, 2.45) is 0 Å². The Morgan fingerprint density at radius 1 is 1.50 bits per heavy atom. The summed E-state index contributed by atoms with van der Waals surface area (Å²) in [6.45, 7) is 2.43. The van der Waals surface area contributed by atoms with E-state index in [4.69, 9.17) is 5.11 Å². The van der Waals surface area contributed by atoms with Gasteiger partial charge >= 0.3 is 5.97 Å². The van der Waals surface area contributed by atoms with Gasteiger partial charge in [-0.3, -0.25) is 0 Å². The summed E-state index contributed by atoms with van der Waals surface area (Å²) >= 11 is 0.818. The molecule has 0 aliphatic heterocycles. The number of carbonyl (C=O) groups is 1. The van der Waals surface area contributed by atoms with E-state index in [1.54, 1.807) is 0 Å². The van der Waals surface area contributed by atoms with Crippen LogP contribution in [0, 0.1) is 0 Å². The summed E-state index contributed by atoms with van der Waals surface area (Å²) in [6.07, 6.45) is 2.56. The maximum Gasteiger partial charge on any atom is 0.345 e. The lowest BCUT2D eigenvalue weighted by Gasteiger charge is -2.19. The Morgan fingerprint density at radius 2 is 2.17 bits per heavy atom. The van der Waals surface area contributed by atoms with E-state index in [-0.39, 0.29) is 15.1 Å². The van der Waals surface area contributed by atoms with Crippen LogP contribution in [-0.2, 0) is 10.0 Å². The average Bonchev–Trinajstić information content (AvgIpc) is 2.99. The molecule has 1 fully saturated rings. The van der Waals surface area contributed by atoms with Crippen LogP contribution in [-0.4, -0.2) is 36.4 Å². The number of carboxylic acid groups (broad SMARTS) is 1. The summed E-state index contributed by atoms with van der Waals surface area (Å²) in [5.74, 6) is -1.09. The van der Waals surface area contributed by atoms with E-state index < -0.39 is 16.0 Å². The Hall–Kier alpha value is -0.920. The summed E-state index contributed by atoms with van der Waals surface area (Å²) in [6, 6.07) is 2.83. The van der Waals surface area contributed by atoms with Gasteiger partial charge in [-0.1, -0.05) is 6.92 Å². The molecule has 0 atom stereocenters. The molecule has 18 heavy (non-hydrogen) atoms. The third-order valence-electron chi connectivity index (χ3n) is 2.75. The van der Waals surface area contributed by atoms with Gasteiger partial charge in [0.15, 0.2) is 0 Å². The molecule has 1 aromatic rings. The Morgan fingerprint density at radius 3 is 2.61 bits per heavy atom. The van der Waals surface area contributed by atoms with E-state index in [9.17, 15) is 13.2 Å². The van der Waals surface area contributed by atoms with Crippen LogP contribution in [0.25, 0.3) is 0 Å². The smallest absolute Gasteiger partial charge is 0.345 e. The first-order valence-corrected chi connectivity index (χ1v) is 8.07. The van der Waals surface area contributed by atoms with Crippen LogP contribution in [0.5, 0.6) is 0 Å². The average molecular weight is 289 g/mol. The second-order valence-electron chi connectivity index (χ2n) is 4.27. The molecule has 1 aliphatic rings. The minimum atomic E-state index is -3.52. The maximum atomic E-state index is 12.4. The highest BCUT2D eigenvalue weighted by Crippen LogP contribution is 2.34. The molecule has 0 radical (unpaired) electrons. The molecule has 1 saturated carbocycles. The van der Waals surface area contributed by atoms with Crippen LogP contribution in [0.2, 0.25) is 0 Å². The van der Waals surface area contributed by atoms with Gasteiger partial charge in [-0.25, -0.2) is 13.2 Å². The van der Waals surface area contributed by atoms with Gasteiger partial charge in [0.25, 0.3) is 10.0 Å². The summed E-state index contributed by atoms with van der Waals surface area (Å²) < 4.78 is 26.4. The van der Waals surface area contributed by atoms with Gasteiger partial charge in [-0.2, -0.15) is 4.31 Å². The lowest BCUT2D eigenvalue weighted by Crippen LogP contribution is -2.33. The first kappa shape index (κ1) is 13.5. The highest BCUT2D eigenvalue weighted by Gasteiger charge is 2.38. The molecule has 100 valence electrons. The second kappa shape index (κ2) is 4.99. The molecule has 0 saturated heterocycles. The number of hydrogen-bond donors (Lipinski definition) is 1. The van der Waals surface area contributed by atoms with E-state index in [1.807, 2.05) is 6.92 Å². The zero-order valence-corrected chi connectivity index (χ0v) is 11.6. The Kier molecular flexibility index (Phi) is 3.74. The Bertz CT molecular complexity index is 545. The highest BCUT2D eigenvalue weighted by molar-refractivity contribution is 7.91. The van der Waals surface area contributed by atoms with Gasteiger partial charge in [-0.05, 0) is 31.4 Å². The molecular weight excluding hydrogens is 274 g/mol. The van der Waals surface area contributed by atoms with Crippen LogP contribution in [0.4, 0.5) is 0 Å². The molecule has 2 rings (SSSR count). The fourth-order valence-electron chi connectivity index (χ4n) is 1.77. The maximum absolute atomic E-state index is 12.4. The molecular formula is C11H15NO4S2. The third-order valence-corrected chi connectivity index (χ3v) is 6.25. The van der Waals surface area contributed by atoms with E-state index in [1.165, 1.54) is 16.4 Å². The van der Waals surface area contributed by atoms with Gasteiger partial charge in [0.05, 0.1) is 0 Å². The standard InChI is InChI=1S/C11H15NO4S2/c1-2-7-12(8-3-4-8)18(15,16)10-6-5-9(17-10)11(13)14/h5-6,8H,2-4,7H2,1H3,(H,13,14). The van der Waals surface area contributed by atoms with Gasteiger partial charge in [0.1, 0.15) is 9.09 Å². The van der Waals surface area contributed by atoms with Crippen molar-refractivity contribution in [2.45, 2.75) is 36.4 Å². The van der Waals surface area contributed by atoms with Gasteiger partial charge < -0.3 is 5.11 Å². The molecule has 1 N–H and O–H groups in total. The van der Waals surface area contributed by atoms with Gasteiger partial charge in [0.2, 0.25) is 0 Å². The van der Waals surface area contributed by atoms with Crippen molar-refractivity contribution in [1.29, 1.82) is 0 Å². The predicted octanol–water partition coefficient (Wildman–Crippen LogP) is 2.01.